The van der Waals surface area contributed by atoms with Gasteiger partial charge >= 0.3 is 0 Å². The molecule has 0 amide bonds. The van der Waals surface area contributed by atoms with Gasteiger partial charge in [-0.2, -0.15) is 0 Å². The van der Waals surface area contributed by atoms with Crippen LogP contribution >= 0.6 is 11.6 Å². The SMILES string of the molecule is Cc1[nH]cnc1CN(C)CCCl. The first kappa shape index (κ1) is 9.55. The van der Waals surface area contributed by atoms with E-state index in [0.717, 1.165) is 24.5 Å². The van der Waals surface area contributed by atoms with Crippen molar-refractivity contribution in [2.24, 2.45) is 0 Å². The number of hydrogen-bond donors (Lipinski definition) is 1. The van der Waals surface area contributed by atoms with Crippen molar-refractivity contribution in [3.8, 4) is 0 Å². The monoisotopic (exact) mass is 187 g/mol. The molecule has 0 aliphatic carbocycles. The van der Waals surface area contributed by atoms with Gasteiger partial charge in [0.15, 0.2) is 0 Å². The maximum absolute atomic E-state index is 5.61. The average Bonchev–Trinajstić information content (AvgIpc) is 2.37. The predicted molar refractivity (Wildman–Crippen MR) is 50.4 cm³/mol. The number of nitrogens with one attached hydrogen (secondary N) is 1. The standard InChI is InChI=1S/C8H14ClN3/c1-7-8(11-6-10-7)5-12(2)4-3-9/h6H,3-5H2,1-2H3,(H,10,11). The van der Waals surface area contributed by atoms with E-state index >= 15 is 0 Å². The third-order valence-electron chi connectivity index (χ3n) is 1.82. The van der Waals surface area contributed by atoms with Gasteiger partial charge in [-0.3, -0.25) is 4.90 Å². The summed E-state index contributed by atoms with van der Waals surface area (Å²) in [5.41, 5.74) is 2.24. The normalized spacial score (nSPS) is 11.0. The van der Waals surface area contributed by atoms with Gasteiger partial charge in [0.2, 0.25) is 0 Å². The Bertz CT molecular complexity index is 234. The lowest BCUT2D eigenvalue weighted by Gasteiger charge is -2.13. The van der Waals surface area contributed by atoms with Gasteiger partial charge in [-0.15, -0.1) is 11.6 Å². The molecule has 0 aliphatic heterocycles. The number of alkyl halides is 1. The number of H-pyrrole nitrogens is 1. The summed E-state index contributed by atoms with van der Waals surface area (Å²) >= 11 is 5.61. The molecule has 0 saturated carbocycles. The Morgan fingerprint density at radius 2 is 2.42 bits per heavy atom. The maximum Gasteiger partial charge on any atom is 0.0925 e. The Morgan fingerprint density at radius 1 is 1.67 bits per heavy atom. The third-order valence-corrected chi connectivity index (χ3v) is 1.99. The molecule has 0 atom stereocenters. The van der Waals surface area contributed by atoms with Crippen LogP contribution in [0, 0.1) is 6.92 Å². The van der Waals surface area contributed by atoms with E-state index < -0.39 is 0 Å². The third kappa shape index (κ3) is 2.50. The van der Waals surface area contributed by atoms with Crippen molar-refractivity contribution in [3.63, 3.8) is 0 Å². The maximum atomic E-state index is 5.61. The molecule has 1 aromatic heterocycles. The summed E-state index contributed by atoms with van der Waals surface area (Å²) in [5, 5.41) is 0. The van der Waals surface area contributed by atoms with Crippen molar-refractivity contribution < 1.29 is 0 Å². The topological polar surface area (TPSA) is 31.9 Å². The second kappa shape index (κ2) is 4.48. The van der Waals surface area contributed by atoms with Gasteiger partial charge in [-0.25, -0.2) is 4.98 Å². The number of rotatable bonds is 4. The predicted octanol–water partition coefficient (Wildman–Crippen LogP) is 1.39. The smallest absolute Gasteiger partial charge is 0.0925 e. The Morgan fingerprint density at radius 3 is 2.92 bits per heavy atom. The molecule has 0 radical (unpaired) electrons. The summed E-state index contributed by atoms with van der Waals surface area (Å²) in [5.74, 6) is 0.667. The first-order chi connectivity index (χ1) is 5.74. The lowest BCUT2D eigenvalue weighted by Crippen LogP contribution is -2.20. The quantitative estimate of drug-likeness (QED) is 0.723. The summed E-state index contributed by atoms with van der Waals surface area (Å²) in [6.45, 7) is 3.78. The van der Waals surface area contributed by atoms with Crippen LogP contribution in [0.3, 0.4) is 0 Å². The first-order valence-corrected chi connectivity index (χ1v) is 4.51. The molecule has 1 heterocycles. The average molecular weight is 188 g/mol. The summed E-state index contributed by atoms with van der Waals surface area (Å²) in [6, 6.07) is 0. The molecule has 1 aromatic rings. The summed E-state index contributed by atoms with van der Waals surface area (Å²) in [6.07, 6.45) is 1.72. The van der Waals surface area contributed by atoms with Crippen molar-refractivity contribution in [2.45, 2.75) is 13.5 Å². The van der Waals surface area contributed by atoms with Crippen LogP contribution in [-0.4, -0.2) is 34.3 Å². The zero-order valence-electron chi connectivity index (χ0n) is 7.47. The molecule has 0 aliphatic rings. The van der Waals surface area contributed by atoms with E-state index in [4.69, 9.17) is 11.6 Å². The molecule has 0 fully saturated rings. The van der Waals surface area contributed by atoms with Crippen LogP contribution in [0.25, 0.3) is 0 Å². The minimum Gasteiger partial charge on any atom is -0.348 e. The van der Waals surface area contributed by atoms with Crippen molar-refractivity contribution >= 4 is 11.6 Å². The van der Waals surface area contributed by atoms with Gasteiger partial charge in [0, 0.05) is 24.7 Å². The number of hydrogen-bond acceptors (Lipinski definition) is 2. The van der Waals surface area contributed by atoms with Gasteiger partial charge in [0.1, 0.15) is 0 Å². The van der Waals surface area contributed by atoms with Crippen LogP contribution in [0.15, 0.2) is 6.33 Å². The van der Waals surface area contributed by atoms with E-state index in [2.05, 4.69) is 14.9 Å². The molecule has 0 saturated heterocycles. The Labute approximate surface area is 77.7 Å². The largest absolute Gasteiger partial charge is 0.348 e. The molecule has 12 heavy (non-hydrogen) atoms. The fourth-order valence-electron chi connectivity index (χ4n) is 1.03. The van der Waals surface area contributed by atoms with E-state index in [0.29, 0.717) is 5.88 Å². The zero-order valence-corrected chi connectivity index (χ0v) is 8.23. The Kier molecular flexibility index (Phi) is 3.56. The van der Waals surface area contributed by atoms with E-state index in [1.807, 2.05) is 14.0 Å². The number of aromatic amines is 1. The van der Waals surface area contributed by atoms with E-state index in [-0.39, 0.29) is 0 Å². The van der Waals surface area contributed by atoms with E-state index in [1.165, 1.54) is 0 Å². The first-order valence-electron chi connectivity index (χ1n) is 3.97. The fourth-order valence-corrected chi connectivity index (χ4v) is 1.31. The summed E-state index contributed by atoms with van der Waals surface area (Å²) in [7, 11) is 2.04. The minimum absolute atomic E-state index is 0.667. The highest BCUT2D eigenvalue weighted by atomic mass is 35.5. The lowest BCUT2D eigenvalue weighted by molar-refractivity contribution is 0.343. The van der Waals surface area contributed by atoms with Crippen molar-refractivity contribution in [1.82, 2.24) is 14.9 Å². The van der Waals surface area contributed by atoms with Crippen LogP contribution in [0.5, 0.6) is 0 Å². The summed E-state index contributed by atoms with van der Waals surface area (Å²) < 4.78 is 0. The number of aryl methyl sites for hydroxylation is 1. The molecule has 68 valence electrons. The van der Waals surface area contributed by atoms with E-state index in [9.17, 15) is 0 Å². The van der Waals surface area contributed by atoms with Crippen LogP contribution < -0.4 is 0 Å². The number of aromatic nitrogens is 2. The zero-order chi connectivity index (χ0) is 8.97. The number of nitrogens with zero attached hydrogens (tertiary/aromatic N) is 2. The molecule has 0 bridgehead atoms. The van der Waals surface area contributed by atoms with Gasteiger partial charge in [0.25, 0.3) is 0 Å². The molecular weight excluding hydrogens is 174 g/mol. The summed E-state index contributed by atoms with van der Waals surface area (Å²) in [4.78, 5) is 9.39. The van der Waals surface area contributed by atoms with Gasteiger partial charge in [-0.05, 0) is 14.0 Å². The second-order valence-corrected chi connectivity index (χ2v) is 3.28. The lowest BCUT2D eigenvalue weighted by atomic mass is 10.3. The molecular formula is C8H14ClN3. The second-order valence-electron chi connectivity index (χ2n) is 2.90. The molecule has 4 heteroatoms. The molecule has 0 spiro atoms. The van der Waals surface area contributed by atoms with Crippen LogP contribution in [0.4, 0.5) is 0 Å². The van der Waals surface area contributed by atoms with Crippen molar-refractivity contribution in [2.75, 3.05) is 19.5 Å². The van der Waals surface area contributed by atoms with Crippen LogP contribution in [-0.2, 0) is 6.54 Å². The Hall–Kier alpha value is -0.540. The number of imidazole rings is 1. The van der Waals surface area contributed by atoms with Crippen molar-refractivity contribution in [3.05, 3.63) is 17.7 Å². The molecule has 1 rings (SSSR count). The molecule has 1 N–H and O–H groups in total. The minimum atomic E-state index is 0.667. The van der Waals surface area contributed by atoms with Gasteiger partial charge in [-0.1, -0.05) is 0 Å². The highest BCUT2D eigenvalue weighted by Gasteiger charge is 2.03. The highest BCUT2D eigenvalue weighted by Crippen LogP contribution is 2.03. The van der Waals surface area contributed by atoms with Crippen LogP contribution in [0.2, 0.25) is 0 Å². The molecule has 0 aromatic carbocycles. The Balaban J connectivity index is 2.46. The van der Waals surface area contributed by atoms with Crippen molar-refractivity contribution in [1.29, 1.82) is 0 Å². The molecule has 3 nitrogen and oxygen atoms in total. The molecule has 0 unspecified atom stereocenters. The van der Waals surface area contributed by atoms with Gasteiger partial charge < -0.3 is 4.98 Å². The van der Waals surface area contributed by atoms with Crippen LogP contribution in [0.1, 0.15) is 11.4 Å². The van der Waals surface area contributed by atoms with Gasteiger partial charge in [0.05, 0.1) is 12.0 Å². The van der Waals surface area contributed by atoms with E-state index in [1.54, 1.807) is 6.33 Å². The highest BCUT2D eigenvalue weighted by molar-refractivity contribution is 6.18. The number of halogens is 1. The fraction of sp³-hybridized carbons (Fsp3) is 0.625.